The van der Waals surface area contributed by atoms with E-state index < -0.39 is 12.3 Å². The molecule has 0 spiro atoms. The second kappa shape index (κ2) is 3.22. The number of hydrogen-bond donors (Lipinski definition) is 2. The molecule has 0 aromatic heterocycles. The van der Waals surface area contributed by atoms with E-state index in [1.165, 1.54) is 12.1 Å². The largest absolute Gasteiger partial charge is 0.508 e. The Labute approximate surface area is 65.4 Å². The van der Waals surface area contributed by atoms with Crippen molar-refractivity contribution in [2.45, 2.75) is 6.42 Å². The van der Waals surface area contributed by atoms with E-state index in [0.29, 0.717) is 5.56 Å². The highest BCUT2D eigenvalue weighted by molar-refractivity contribution is 5.25. The Morgan fingerprint density at radius 2 is 2.10 bits per heavy atom. The van der Waals surface area contributed by atoms with Crippen LogP contribution in [0.3, 0.4) is 0 Å². The molecule has 2 heteroatoms. The van der Waals surface area contributed by atoms with Gasteiger partial charge in [-0.15, -0.1) is 0 Å². The van der Waals surface area contributed by atoms with Gasteiger partial charge >= 0.3 is 0 Å². The van der Waals surface area contributed by atoms with Crippen LogP contribution in [0.2, 0.25) is 0 Å². The molecular formula is C8H10O2. The lowest BCUT2D eigenvalue weighted by molar-refractivity contribution is 0.299. The second-order valence-corrected chi connectivity index (χ2v) is 1.84. The third-order valence-electron chi connectivity index (χ3n) is 1.07. The summed E-state index contributed by atoms with van der Waals surface area (Å²) in [5.41, 5.74) is 0.310. The van der Waals surface area contributed by atoms with Gasteiger partial charge in [-0.1, -0.05) is 12.1 Å². The van der Waals surface area contributed by atoms with Crippen molar-refractivity contribution in [2.24, 2.45) is 0 Å². The highest BCUT2D eigenvalue weighted by atomic mass is 16.3. The van der Waals surface area contributed by atoms with Crippen molar-refractivity contribution in [3.8, 4) is 5.75 Å². The van der Waals surface area contributed by atoms with Crippen LogP contribution < -0.4 is 0 Å². The van der Waals surface area contributed by atoms with Crippen molar-refractivity contribution >= 4 is 0 Å². The van der Waals surface area contributed by atoms with Crippen LogP contribution in [0.25, 0.3) is 0 Å². The van der Waals surface area contributed by atoms with E-state index >= 15 is 0 Å². The molecule has 0 radical (unpaired) electrons. The van der Waals surface area contributed by atoms with Gasteiger partial charge in [0.15, 0.2) is 0 Å². The van der Waals surface area contributed by atoms with E-state index in [1.54, 1.807) is 0 Å². The summed E-state index contributed by atoms with van der Waals surface area (Å²) in [6, 6.07) is 1.97. The van der Waals surface area contributed by atoms with Crippen LogP contribution in [0.4, 0.5) is 0 Å². The van der Waals surface area contributed by atoms with Crippen molar-refractivity contribution in [1.29, 1.82) is 0 Å². The van der Waals surface area contributed by atoms with E-state index in [0.717, 1.165) is 0 Å². The minimum absolute atomic E-state index is 0.239. The van der Waals surface area contributed by atoms with Gasteiger partial charge in [0.25, 0.3) is 0 Å². The smallest absolute Gasteiger partial charge is 0.115 e. The van der Waals surface area contributed by atoms with Crippen LogP contribution in [-0.2, 0) is 6.42 Å². The number of aromatic hydroxyl groups is 1. The normalized spacial score (nSPS) is 16.9. The molecule has 54 valence electrons. The summed E-state index contributed by atoms with van der Waals surface area (Å²) in [5.74, 6) is -0.438. The Kier molecular flexibility index (Phi) is 1.09. The molecule has 2 nitrogen and oxygen atoms in total. The first-order valence-corrected chi connectivity index (χ1v) is 2.81. The zero-order chi connectivity index (χ0) is 10.9. The first kappa shape index (κ1) is 3.39. The molecule has 1 rings (SSSR count). The average Bonchev–Trinajstić information content (AvgIpc) is 1.96. The molecule has 0 aliphatic carbocycles. The first-order valence-electron chi connectivity index (χ1n) is 4.81. The quantitative estimate of drug-likeness (QED) is 0.644. The van der Waals surface area contributed by atoms with Crippen molar-refractivity contribution in [1.82, 2.24) is 0 Å². The number of phenols is 1. The zero-order valence-corrected chi connectivity index (χ0v) is 5.26. The highest BCUT2D eigenvalue weighted by Gasteiger charge is 1.90. The van der Waals surface area contributed by atoms with Gasteiger partial charge in [-0.3, -0.25) is 0 Å². The van der Waals surface area contributed by atoms with Crippen LogP contribution in [0.15, 0.2) is 24.2 Å². The molecule has 0 aliphatic heterocycles. The summed E-state index contributed by atoms with van der Waals surface area (Å²) in [4.78, 5) is 0. The summed E-state index contributed by atoms with van der Waals surface area (Å²) >= 11 is 0. The van der Waals surface area contributed by atoms with Gasteiger partial charge in [0.05, 0.1) is 5.48 Å². The lowest BCUT2D eigenvalue weighted by Crippen LogP contribution is -1.88. The molecule has 0 fully saturated rings. The van der Waals surface area contributed by atoms with Gasteiger partial charge in [0.1, 0.15) is 5.75 Å². The van der Waals surface area contributed by atoms with Crippen LogP contribution in [0, 0.1) is 0 Å². The Hall–Kier alpha value is -1.02. The maximum Gasteiger partial charge on any atom is 0.115 e. The maximum atomic E-state index is 9.10. The lowest BCUT2D eigenvalue weighted by atomic mass is 10.2. The molecule has 0 heterocycles. The maximum absolute atomic E-state index is 9.10. The van der Waals surface area contributed by atoms with E-state index in [1.807, 2.05) is 0 Å². The third kappa shape index (κ3) is 1.74. The lowest BCUT2D eigenvalue weighted by Gasteiger charge is -1.96. The predicted molar refractivity (Wildman–Crippen MR) is 38.9 cm³/mol. The Morgan fingerprint density at radius 3 is 2.60 bits per heavy atom. The first-order chi connectivity index (χ1) is 6.29. The highest BCUT2D eigenvalue weighted by Crippen LogP contribution is 2.09. The summed E-state index contributed by atoms with van der Waals surface area (Å²) in [7, 11) is 0. The number of hydrogen-bond acceptors (Lipinski definition) is 2. The Morgan fingerprint density at radius 1 is 1.50 bits per heavy atom. The van der Waals surface area contributed by atoms with Gasteiger partial charge in [0.2, 0.25) is 0 Å². The van der Waals surface area contributed by atoms with Crippen LogP contribution >= 0.6 is 0 Å². The van der Waals surface area contributed by atoms with Crippen molar-refractivity contribution < 1.29 is 15.7 Å². The fourth-order valence-electron chi connectivity index (χ4n) is 0.599. The topological polar surface area (TPSA) is 40.5 Å². The van der Waals surface area contributed by atoms with E-state index in [4.69, 9.17) is 15.7 Å². The van der Waals surface area contributed by atoms with Crippen LogP contribution in [0.1, 0.15) is 11.0 Å². The molecule has 0 atom stereocenters. The van der Waals surface area contributed by atoms with Crippen molar-refractivity contribution in [3.05, 3.63) is 29.8 Å². The van der Waals surface area contributed by atoms with Gasteiger partial charge < -0.3 is 10.2 Å². The summed E-state index contributed by atoms with van der Waals surface area (Å²) in [6.07, 6.45) is -0.301. The number of aryl methyl sites for hydroxylation is 1. The minimum atomic E-state index is -2.37. The third-order valence-corrected chi connectivity index (χ3v) is 1.07. The van der Waals surface area contributed by atoms with Crippen LogP contribution in [0.5, 0.6) is 5.75 Å². The molecule has 0 saturated carbocycles. The molecule has 1 aromatic rings. The molecule has 0 saturated heterocycles. The standard InChI is InChI=1S/C8H10O2/c9-6-5-7-1-3-8(10)4-2-7/h1-4,9-10H,5-6H2/i3D,4D,6D2. The second-order valence-electron chi connectivity index (χ2n) is 1.84. The van der Waals surface area contributed by atoms with E-state index in [2.05, 4.69) is 0 Å². The summed E-state index contributed by atoms with van der Waals surface area (Å²) in [6.45, 7) is -2.37. The SMILES string of the molecule is [2H]c1cc(CC([2H])([2H])O)cc([2H])c1O. The van der Waals surface area contributed by atoms with Crippen molar-refractivity contribution in [2.75, 3.05) is 6.56 Å². The molecule has 0 unspecified atom stereocenters. The minimum Gasteiger partial charge on any atom is -0.508 e. The molecule has 1 aromatic carbocycles. The number of aliphatic hydroxyl groups is 1. The Balaban J connectivity index is 3.02. The van der Waals surface area contributed by atoms with Gasteiger partial charge in [-0.25, -0.2) is 0 Å². The van der Waals surface area contributed by atoms with E-state index in [-0.39, 0.29) is 18.5 Å². The molecule has 2 N–H and O–H groups in total. The van der Waals surface area contributed by atoms with Crippen molar-refractivity contribution in [3.63, 3.8) is 0 Å². The number of rotatable bonds is 2. The van der Waals surface area contributed by atoms with Gasteiger partial charge in [-0.05, 0) is 24.1 Å². The molecular weight excluding hydrogens is 128 g/mol. The zero-order valence-electron chi connectivity index (χ0n) is 9.26. The van der Waals surface area contributed by atoms with Gasteiger partial charge in [-0.2, -0.15) is 0 Å². The van der Waals surface area contributed by atoms with Crippen LogP contribution in [-0.4, -0.2) is 16.8 Å². The fraction of sp³-hybridized carbons (Fsp3) is 0.250. The van der Waals surface area contributed by atoms with E-state index in [9.17, 15) is 0 Å². The molecule has 0 aliphatic rings. The summed E-state index contributed by atoms with van der Waals surface area (Å²) < 4.78 is 28.3. The summed E-state index contributed by atoms with van der Waals surface area (Å²) in [5, 5.41) is 18.0. The molecule has 0 bridgehead atoms. The molecule has 0 amide bonds. The monoisotopic (exact) mass is 142 g/mol. The fourth-order valence-corrected chi connectivity index (χ4v) is 0.599. The Bertz CT molecular complexity index is 323. The number of benzene rings is 1. The van der Waals surface area contributed by atoms with Gasteiger partial charge in [0, 0.05) is 6.56 Å². The molecule has 10 heavy (non-hydrogen) atoms. The number of phenolic OH excluding ortho intramolecular Hbond substituents is 1. The predicted octanol–water partition coefficient (Wildman–Crippen LogP) is 0.927. The average molecular weight is 142 g/mol.